The lowest BCUT2D eigenvalue weighted by molar-refractivity contribution is 0.149. The van der Waals surface area contributed by atoms with Gasteiger partial charge in [-0.05, 0) is 176 Å². The third kappa shape index (κ3) is 5.87. The Labute approximate surface area is 424 Å². The van der Waals surface area contributed by atoms with Gasteiger partial charge in [-0.15, -0.1) is 0 Å². The molecule has 0 saturated heterocycles. The molecule has 0 N–H and O–H groups in total. The second kappa shape index (κ2) is 15.0. The SMILES string of the molecule is CC(C)(C)c1ccc(N2c3cc4ccccc4c4c3B(c3oc5cc6ccccc6cc5c32)n2c3ccc(C56CCCC(CCC5)C6)cc3c3cc(C56CCCC(CCC5)C6)cc-4c32)c(-c2ccccc2)c1. The number of hydrogen-bond acceptors (Lipinski definition) is 2. The quantitative estimate of drug-likeness (QED) is 0.164. The van der Waals surface area contributed by atoms with E-state index in [9.17, 15) is 0 Å². The van der Waals surface area contributed by atoms with Crippen LogP contribution in [0.15, 0.2) is 150 Å². The van der Waals surface area contributed by atoms with Gasteiger partial charge in [0.25, 0.3) is 0 Å². The highest BCUT2D eigenvalue weighted by Crippen LogP contribution is 2.57. The monoisotopic (exact) mass is 935 g/mol. The number of benzene rings is 8. The fourth-order valence-electron chi connectivity index (χ4n) is 16.6. The van der Waals surface area contributed by atoms with Crippen molar-refractivity contribution in [3.63, 3.8) is 0 Å². The fourth-order valence-corrected chi connectivity index (χ4v) is 16.6. The van der Waals surface area contributed by atoms with Crippen molar-refractivity contribution in [2.75, 3.05) is 4.90 Å². The van der Waals surface area contributed by atoms with Gasteiger partial charge in [-0.3, -0.25) is 0 Å². The van der Waals surface area contributed by atoms with Crippen molar-refractivity contribution >= 4 is 89.4 Å². The molecule has 72 heavy (non-hydrogen) atoms. The molecule has 8 aromatic carbocycles. The molecule has 4 heterocycles. The summed E-state index contributed by atoms with van der Waals surface area (Å²) in [4.78, 5) is 2.65. The maximum atomic E-state index is 7.68. The molecule has 0 unspecified atom stereocenters. The number of rotatable bonds is 4. The van der Waals surface area contributed by atoms with Crippen molar-refractivity contribution in [1.29, 1.82) is 0 Å². The van der Waals surface area contributed by atoms with Crippen molar-refractivity contribution in [3.05, 3.63) is 162 Å². The first-order valence-corrected chi connectivity index (χ1v) is 27.9. The molecule has 4 heteroatoms. The van der Waals surface area contributed by atoms with Gasteiger partial charge in [0.1, 0.15) is 11.2 Å². The van der Waals surface area contributed by atoms with Gasteiger partial charge < -0.3 is 13.8 Å². The second-order valence-electron chi connectivity index (χ2n) is 24.8. The Morgan fingerprint density at radius 1 is 0.542 bits per heavy atom. The summed E-state index contributed by atoms with van der Waals surface area (Å²) in [6.45, 7) is 6.84. The molecule has 10 aromatic rings. The van der Waals surface area contributed by atoms with E-state index in [1.54, 1.807) is 11.1 Å². The molecule has 0 atom stereocenters. The number of hydrogen-bond donors (Lipinski definition) is 0. The van der Waals surface area contributed by atoms with Crippen molar-refractivity contribution in [2.24, 2.45) is 11.8 Å². The van der Waals surface area contributed by atoms with Gasteiger partial charge in [0.2, 0.25) is 0 Å². The van der Waals surface area contributed by atoms with E-state index in [2.05, 4.69) is 176 Å². The Kier molecular flexibility index (Phi) is 8.78. The van der Waals surface area contributed by atoms with Crippen molar-refractivity contribution in [1.82, 2.24) is 4.48 Å². The first-order chi connectivity index (χ1) is 35.2. The number of anilines is 3. The Hall–Kier alpha value is -6.52. The van der Waals surface area contributed by atoms with Crippen molar-refractivity contribution < 1.29 is 4.42 Å². The summed E-state index contributed by atoms with van der Waals surface area (Å²) in [6, 6.07) is 57.3. The molecule has 0 spiro atoms. The third-order valence-corrected chi connectivity index (χ3v) is 19.9. The first-order valence-electron chi connectivity index (χ1n) is 27.9. The first kappa shape index (κ1) is 42.0. The Morgan fingerprint density at radius 2 is 1.19 bits per heavy atom. The molecule has 4 saturated carbocycles. The summed E-state index contributed by atoms with van der Waals surface area (Å²) < 4.78 is 10.5. The highest BCUT2D eigenvalue weighted by Gasteiger charge is 2.49. The molecule has 16 rings (SSSR count). The summed E-state index contributed by atoms with van der Waals surface area (Å²) in [7, 11) is 0. The van der Waals surface area contributed by atoms with E-state index in [-0.39, 0.29) is 23.1 Å². The van der Waals surface area contributed by atoms with Crippen LogP contribution in [0.1, 0.15) is 127 Å². The number of nitrogens with zero attached hydrogens (tertiary/aromatic N) is 2. The lowest BCUT2D eigenvalue weighted by Crippen LogP contribution is -2.56. The predicted molar refractivity (Wildman–Crippen MR) is 304 cm³/mol. The van der Waals surface area contributed by atoms with Crippen LogP contribution < -0.4 is 16.0 Å². The Balaban J connectivity index is 1.06. The lowest BCUT2D eigenvalue weighted by Gasteiger charge is -2.46. The van der Waals surface area contributed by atoms with Crippen LogP contribution in [-0.4, -0.2) is 11.3 Å². The maximum absolute atomic E-state index is 7.68. The topological polar surface area (TPSA) is 21.3 Å². The average molecular weight is 935 g/mol. The molecule has 4 aliphatic carbocycles. The zero-order valence-electron chi connectivity index (χ0n) is 42.3. The minimum absolute atomic E-state index is 0.0305. The maximum Gasteiger partial charge on any atom is 0.376 e. The van der Waals surface area contributed by atoms with Crippen LogP contribution in [0.4, 0.5) is 17.1 Å². The molecule has 4 fully saturated rings. The van der Waals surface area contributed by atoms with E-state index in [4.69, 9.17) is 4.42 Å². The van der Waals surface area contributed by atoms with E-state index < -0.39 is 0 Å². The second-order valence-corrected chi connectivity index (χ2v) is 24.8. The zero-order valence-corrected chi connectivity index (χ0v) is 42.3. The van der Waals surface area contributed by atoms with Crippen molar-refractivity contribution in [3.8, 4) is 22.3 Å². The average Bonchev–Trinajstić information content (AvgIpc) is 3.94. The smallest absolute Gasteiger partial charge is 0.376 e. The van der Waals surface area contributed by atoms with Gasteiger partial charge in [-0.2, -0.15) is 0 Å². The highest BCUT2D eigenvalue weighted by atomic mass is 16.3. The van der Waals surface area contributed by atoms with Crippen LogP contribution >= 0.6 is 0 Å². The van der Waals surface area contributed by atoms with E-state index >= 15 is 0 Å². The molecule has 2 aromatic heterocycles. The van der Waals surface area contributed by atoms with Gasteiger partial charge in [-0.25, -0.2) is 0 Å². The van der Waals surface area contributed by atoms with Gasteiger partial charge in [0, 0.05) is 44.0 Å². The third-order valence-electron chi connectivity index (χ3n) is 19.9. The summed E-state index contributed by atoms with van der Waals surface area (Å²) in [5.41, 5.74) is 19.9. The molecule has 6 aliphatic rings. The number of fused-ring (bicyclic) bond motifs is 16. The van der Waals surface area contributed by atoms with Crippen LogP contribution in [0, 0.1) is 11.8 Å². The van der Waals surface area contributed by atoms with Crippen LogP contribution in [0.25, 0.3) is 76.6 Å². The molecule has 3 nitrogen and oxygen atoms in total. The van der Waals surface area contributed by atoms with Gasteiger partial charge in [0.05, 0.1) is 11.4 Å². The van der Waals surface area contributed by atoms with Gasteiger partial charge in [0.15, 0.2) is 0 Å². The van der Waals surface area contributed by atoms with Crippen LogP contribution in [0.2, 0.25) is 0 Å². The zero-order chi connectivity index (χ0) is 47.7. The lowest BCUT2D eigenvalue weighted by atomic mass is 9.47. The highest BCUT2D eigenvalue weighted by molar-refractivity contribution is 6.90. The molecule has 0 amide bonds. The standard InChI is InChI=1S/C68H63BN2O/c1-66(2,3)48-25-27-57(52(36-48)44-19-5-4-6-20-44)70-59-34-47-23-9-10-24-51(47)61-56-39-50(68-31-13-17-43(41-68)18-14-32-68)38-54-53-37-49(67-29-11-15-42(40-67)16-12-30-67)26-28-58(53)71(63(54)56)69(62(59)61)65-64(70)55-33-45-21-7-8-22-46(45)35-60(55)72-65/h4-10,19-28,33-39,42-43H,11-18,29-32,40-41H2,1-3H3. The molecule has 4 bridgehead atoms. The van der Waals surface area contributed by atoms with Gasteiger partial charge >= 0.3 is 6.85 Å². The predicted octanol–water partition coefficient (Wildman–Crippen LogP) is 17.5. The summed E-state index contributed by atoms with van der Waals surface area (Å²) >= 11 is 0. The molecular formula is C68H63BN2O. The van der Waals surface area contributed by atoms with E-state index in [0.717, 1.165) is 34.2 Å². The summed E-state index contributed by atoms with van der Waals surface area (Å²) in [5.74, 6) is 1.71. The minimum Gasteiger partial charge on any atom is -0.466 e. The molecule has 2 aliphatic heterocycles. The van der Waals surface area contributed by atoms with E-state index in [0.29, 0.717) is 0 Å². The van der Waals surface area contributed by atoms with Crippen LogP contribution in [0.3, 0.4) is 0 Å². The van der Waals surface area contributed by atoms with Gasteiger partial charge in [-0.1, -0.05) is 163 Å². The minimum atomic E-state index is -0.182. The number of aromatic nitrogens is 1. The summed E-state index contributed by atoms with van der Waals surface area (Å²) in [6.07, 6.45) is 19.0. The Morgan fingerprint density at radius 3 is 1.92 bits per heavy atom. The molecule has 0 radical (unpaired) electrons. The fraction of sp³-hybridized carbons (Fsp3) is 0.324. The van der Waals surface area contributed by atoms with Crippen LogP contribution in [0.5, 0.6) is 0 Å². The number of furan rings is 1. The largest absolute Gasteiger partial charge is 0.466 e. The van der Waals surface area contributed by atoms with E-state index in [1.807, 2.05) is 0 Å². The molecular weight excluding hydrogens is 872 g/mol. The summed E-state index contributed by atoms with van der Waals surface area (Å²) in [5, 5.41) is 9.11. The Bertz CT molecular complexity index is 3900. The normalized spacial score (nSPS) is 23.3. The van der Waals surface area contributed by atoms with Crippen LogP contribution in [-0.2, 0) is 16.2 Å². The van der Waals surface area contributed by atoms with Crippen molar-refractivity contribution in [2.45, 2.75) is 127 Å². The van der Waals surface area contributed by atoms with E-state index in [1.165, 1.54) is 178 Å². The molecule has 354 valence electrons.